The molecule has 0 amide bonds. The first-order valence-corrected chi connectivity index (χ1v) is 9.02. The van der Waals surface area contributed by atoms with Crippen molar-refractivity contribution in [2.24, 2.45) is 5.92 Å². The number of likely N-dealkylation sites (N-methyl/N-ethyl adjacent to an activating group) is 2. The summed E-state index contributed by atoms with van der Waals surface area (Å²) in [6.45, 7) is 9.55. The number of hydrogen-bond acceptors (Lipinski definition) is 3. The van der Waals surface area contributed by atoms with Crippen LogP contribution in [-0.4, -0.2) is 31.0 Å². The van der Waals surface area contributed by atoms with Gasteiger partial charge in [-0.1, -0.05) is 65.2 Å². The first-order chi connectivity index (χ1) is 10.1. The molecule has 3 heteroatoms. The minimum atomic E-state index is 0.543. The van der Waals surface area contributed by atoms with Crippen LogP contribution in [0.25, 0.3) is 0 Å². The van der Waals surface area contributed by atoms with Crippen LogP contribution >= 0.6 is 11.9 Å². The minimum absolute atomic E-state index is 0.543. The maximum atomic E-state index is 3.36. The third-order valence-corrected chi connectivity index (χ3v) is 3.93. The summed E-state index contributed by atoms with van der Waals surface area (Å²) in [5.41, 5.74) is 0. The summed E-state index contributed by atoms with van der Waals surface area (Å²) >= 11 is 1.80. The van der Waals surface area contributed by atoms with Crippen molar-refractivity contribution in [3.8, 4) is 0 Å². The zero-order valence-corrected chi connectivity index (χ0v) is 15.5. The van der Waals surface area contributed by atoms with E-state index < -0.39 is 0 Å². The summed E-state index contributed by atoms with van der Waals surface area (Å²) in [5.74, 6) is 0.656. The second kappa shape index (κ2) is 13.2. The second-order valence-corrected chi connectivity index (χ2v) is 6.69. The van der Waals surface area contributed by atoms with Crippen molar-refractivity contribution < 1.29 is 0 Å². The molecular formula is C18H34N2S. The van der Waals surface area contributed by atoms with Gasteiger partial charge in [0.2, 0.25) is 0 Å². The Morgan fingerprint density at radius 1 is 1.10 bits per heavy atom. The SMILES string of the molecule is C1CC1.CC.CNC(CN(C)Sc1ccccc1)C(C)C. The molecule has 1 aromatic rings. The highest BCUT2D eigenvalue weighted by molar-refractivity contribution is 7.97. The lowest BCUT2D eigenvalue weighted by Crippen LogP contribution is -2.39. The average molecular weight is 311 g/mol. The molecule has 1 fully saturated rings. The molecule has 2 nitrogen and oxygen atoms in total. The third kappa shape index (κ3) is 11.8. The lowest BCUT2D eigenvalue weighted by molar-refractivity contribution is 0.362. The van der Waals surface area contributed by atoms with Gasteiger partial charge in [-0.3, -0.25) is 0 Å². The van der Waals surface area contributed by atoms with Crippen LogP contribution in [0.4, 0.5) is 0 Å². The van der Waals surface area contributed by atoms with E-state index in [0.717, 1.165) is 6.54 Å². The average Bonchev–Trinajstić information content (AvgIpc) is 3.36. The standard InChI is InChI=1S/C13H22N2S.C3H6.C2H6/c1-11(2)13(14-3)10-15(4)16-12-8-6-5-7-9-12;1-2-3-1;1-2/h5-9,11,13-14H,10H2,1-4H3;1-3H2;1-2H3. The Kier molecular flexibility index (Phi) is 12.9. The van der Waals surface area contributed by atoms with Gasteiger partial charge in [-0.2, -0.15) is 0 Å². The van der Waals surface area contributed by atoms with E-state index >= 15 is 0 Å². The molecule has 1 unspecified atom stereocenters. The quantitative estimate of drug-likeness (QED) is 0.739. The molecule has 1 atom stereocenters. The van der Waals surface area contributed by atoms with E-state index in [4.69, 9.17) is 0 Å². The van der Waals surface area contributed by atoms with Crippen LogP contribution in [0.15, 0.2) is 35.2 Å². The Hall–Kier alpha value is -0.510. The van der Waals surface area contributed by atoms with Crippen LogP contribution in [-0.2, 0) is 0 Å². The van der Waals surface area contributed by atoms with E-state index in [1.165, 1.54) is 24.2 Å². The largest absolute Gasteiger partial charge is 0.315 e. The first-order valence-electron chi connectivity index (χ1n) is 8.25. The van der Waals surface area contributed by atoms with Gasteiger partial charge in [0, 0.05) is 17.5 Å². The zero-order chi connectivity index (χ0) is 16.1. The smallest absolute Gasteiger partial charge is 0.0246 e. The van der Waals surface area contributed by atoms with Crippen molar-refractivity contribution in [1.82, 2.24) is 9.62 Å². The lowest BCUT2D eigenvalue weighted by Gasteiger charge is -2.25. The van der Waals surface area contributed by atoms with E-state index in [1.807, 2.05) is 20.9 Å². The van der Waals surface area contributed by atoms with Gasteiger partial charge in [-0.25, -0.2) is 4.31 Å². The Morgan fingerprint density at radius 3 is 2.00 bits per heavy atom. The Balaban J connectivity index is 0.000000684. The number of benzene rings is 1. The summed E-state index contributed by atoms with van der Waals surface area (Å²) in [6.07, 6.45) is 4.50. The van der Waals surface area contributed by atoms with E-state index in [-0.39, 0.29) is 0 Å². The molecule has 0 radical (unpaired) electrons. The van der Waals surface area contributed by atoms with Crippen LogP contribution in [0.1, 0.15) is 47.0 Å². The fourth-order valence-electron chi connectivity index (χ4n) is 1.61. The molecular weight excluding hydrogens is 276 g/mol. The summed E-state index contributed by atoms with van der Waals surface area (Å²) in [4.78, 5) is 1.30. The molecule has 2 rings (SSSR count). The topological polar surface area (TPSA) is 15.3 Å². The summed E-state index contributed by atoms with van der Waals surface area (Å²) in [5, 5.41) is 3.36. The van der Waals surface area contributed by atoms with Gasteiger partial charge in [-0.15, -0.1) is 0 Å². The predicted octanol–water partition coefficient (Wildman–Crippen LogP) is 5.07. The fraction of sp³-hybridized carbons (Fsp3) is 0.667. The highest BCUT2D eigenvalue weighted by Gasteiger charge is 2.13. The molecule has 1 saturated carbocycles. The highest BCUT2D eigenvalue weighted by Crippen LogP contribution is 2.21. The van der Waals surface area contributed by atoms with Crippen LogP contribution in [0.2, 0.25) is 0 Å². The van der Waals surface area contributed by atoms with E-state index in [9.17, 15) is 0 Å². The molecule has 1 N–H and O–H groups in total. The Morgan fingerprint density at radius 2 is 1.62 bits per heavy atom. The molecule has 21 heavy (non-hydrogen) atoms. The second-order valence-electron chi connectivity index (χ2n) is 5.41. The van der Waals surface area contributed by atoms with Crippen molar-refractivity contribution in [2.75, 3.05) is 20.6 Å². The Bertz CT molecular complexity index is 322. The maximum absolute atomic E-state index is 3.36. The summed E-state index contributed by atoms with van der Waals surface area (Å²) < 4.78 is 2.29. The van der Waals surface area contributed by atoms with Crippen LogP contribution in [0, 0.1) is 5.92 Å². The van der Waals surface area contributed by atoms with Crippen LogP contribution in [0.5, 0.6) is 0 Å². The van der Waals surface area contributed by atoms with E-state index in [2.05, 4.69) is 60.8 Å². The molecule has 0 spiro atoms. The predicted molar refractivity (Wildman–Crippen MR) is 97.8 cm³/mol. The van der Waals surface area contributed by atoms with E-state index in [0.29, 0.717) is 12.0 Å². The van der Waals surface area contributed by atoms with Crippen LogP contribution < -0.4 is 5.32 Å². The van der Waals surface area contributed by atoms with Gasteiger partial charge in [0.1, 0.15) is 0 Å². The van der Waals surface area contributed by atoms with E-state index in [1.54, 1.807) is 11.9 Å². The van der Waals surface area contributed by atoms with Crippen molar-refractivity contribution in [3.05, 3.63) is 30.3 Å². The van der Waals surface area contributed by atoms with Crippen molar-refractivity contribution in [1.29, 1.82) is 0 Å². The van der Waals surface area contributed by atoms with Gasteiger partial charge >= 0.3 is 0 Å². The molecule has 0 saturated heterocycles. The monoisotopic (exact) mass is 310 g/mol. The van der Waals surface area contributed by atoms with Gasteiger partial charge in [0.05, 0.1) is 0 Å². The van der Waals surface area contributed by atoms with Gasteiger partial charge in [0.15, 0.2) is 0 Å². The third-order valence-electron chi connectivity index (χ3n) is 2.99. The van der Waals surface area contributed by atoms with Crippen LogP contribution in [0.3, 0.4) is 0 Å². The van der Waals surface area contributed by atoms with Gasteiger partial charge in [0.25, 0.3) is 0 Å². The fourth-order valence-corrected chi connectivity index (χ4v) is 2.48. The van der Waals surface area contributed by atoms with Gasteiger partial charge < -0.3 is 5.32 Å². The minimum Gasteiger partial charge on any atom is -0.315 e. The number of nitrogens with one attached hydrogen (secondary N) is 1. The lowest BCUT2D eigenvalue weighted by atomic mass is 10.1. The summed E-state index contributed by atoms with van der Waals surface area (Å²) in [6, 6.07) is 11.0. The van der Waals surface area contributed by atoms with Gasteiger partial charge in [-0.05, 0) is 44.1 Å². The summed E-state index contributed by atoms with van der Waals surface area (Å²) in [7, 11) is 4.18. The highest BCUT2D eigenvalue weighted by atomic mass is 32.2. The molecule has 0 aromatic heterocycles. The van der Waals surface area contributed by atoms with Crippen molar-refractivity contribution >= 4 is 11.9 Å². The zero-order valence-electron chi connectivity index (χ0n) is 14.7. The first kappa shape index (κ1) is 20.5. The molecule has 0 aliphatic heterocycles. The normalized spacial score (nSPS) is 13.9. The number of nitrogens with zero attached hydrogens (tertiary/aromatic N) is 1. The number of rotatable bonds is 6. The molecule has 1 aliphatic rings. The molecule has 0 heterocycles. The number of hydrogen-bond donors (Lipinski definition) is 1. The van der Waals surface area contributed by atoms with Crippen molar-refractivity contribution in [3.63, 3.8) is 0 Å². The molecule has 1 aromatic carbocycles. The Labute approximate surface area is 136 Å². The molecule has 1 aliphatic carbocycles. The maximum Gasteiger partial charge on any atom is 0.0246 e. The van der Waals surface area contributed by atoms with Crippen molar-refractivity contribution in [2.45, 2.75) is 57.9 Å². The molecule has 122 valence electrons. The molecule has 0 bridgehead atoms.